The molecule has 0 fully saturated rings. The van der Waals surface area contributed by atoms with Gasteiger partial charge in [0.05, 0.1) is 19.8 Å². The van der Waals surface area contributed by atoms with Crippen molar-refractivity contribution >= 4 is 0 Å². The van der Waals surface area contributed by atoms with Crippen LogP contribution in [0.2, 0.25) is 0 Å². The van der Waals surface area contributed by atoms with Crippen molar-refractivity contribution in [1.29, 1.82) is 0 Å². The summed E-state index contributed by atoms with van der Waals surface area (Å²) in [7, 11) is 0. The summed E-state index contributed by atoms with van der Waals surface area (Å²) in [5.41, 5.74) is 5.27. The van der Waals surface area contributed by atoms with E-state index < -0.39 is 0 Å². The number of ether oxygens (including phenoxy) is 2. The number of nitrogens with two attached hydrogens (primary N) is 1. The van der Waals surface area contributed by atoms with Crippen molar-refractivity contribution in [3.63, 3.8) is 0 Å². The normalized spacial score (nSPS) is 10.1. The molecule has 0 aromatic carbocycles. The molecule has 0 radical (unpaired) electrons. The minimum atomic E-state index is 0.579. The average Bonchev–Trinajstić information content (AvgIpc) is 2.26. The van der Waals surface area contributed by atoms with Crippen LogP contribution in [0.15, 0.2) is 0 Å². The lowest BCUT2D eigenvalue weighted by molar-refractivity contribution is 0.0492. The quantitative estimate of drug-likeness (QED) is 0.418. The third kappa shape index (κ3) is 13.4. The summed E-state index contributed by atoms with van der Waals surface area (Å²) in [4.78, 5) is 0. The Morgan fingerprint density at radius 3 is 2.20 bits per heavy atom. The van der Waals surface area contributed by atoms with Gasteiger partial charge >= 0.3 is 0 Å². The molecule has 0 aliphatic heterocycles. The summed E-state index contributed by atoms with van der Waals surface area (Å²) in [5, 5.41) is 0. The lowest BCUT2D eigenvalue weighted by Gasteiger charge is -2.04. The van der Waals surface area contributed by atoms with E-state index >= 15 is 0 Å². The Bertz CT molecular complexity index is 154. The fraction of sp³-hybridized carbons (Fsp3) is 0.833. The van der Waals surface area contributed by atoms with Crippen LogP contribution in [0.1, 0.15) is 32.1 Å². The second kappa shape index (κ2) is 13.4. The maximum atomic E-state index is 5.38. The molecule has 2 N–H and O–H groups in total. The van der Waals surface area contributed by atoms with Gasteiger partial charge in [-0.3, -0.25) is 0 Å². The zero-order valence-electron chi connectivity index (χ0n) is 9.54. The molecule has 15 heavy (non-hydrogen) atoms. The molecule has 88 valence electrons. The van der Waals surface area contributed by atoms with Crippen molar-refractivity contribution in [2.45, 2.75) is 32.1 Å². The second-order valence-electron chi connectivity index (χ2n) is 3.38. The number of terminal acetylenes is 1. The highest BCUT2D eigenvalue weighted by molar-refractivity contribution is 4.82. The molecule has 0 aromatic rings. The van der Waals surface area contributed by atoms with E-state index in [1.807, 2.05) is 0 Å². The molecule has 0 unspecified atom stereocenters. The zero-order chi connectivity index (χ0) is 11.2. The van der Waals surface area contributed by atoms with Gasteiger partial charge in [0.2, 0.25) is 0 Å². The molecule has 0 aliphatic rings. The van der Waals surface area contributed by atoms with E-state index in [0.717, 1.165) is 25.9 Å². The predicted octanol–water partition coefficient (Wildman–Crippen LogP) is 1.56. The van der Waals surface area contributed by atoms with Gasteiger partial charge in [-0.15, -0.1) is 12.3 Å². The van der Waals surface area contributed by atoms with E-state index in [0.29, 0.717) is 26.4 Å². The van der Waals surface area contributed by atoms with Gasteiger partial charge in [0.1, 0.15) is 0 Å². The molecule has 0 bridgehead atoms. The van der Waals surface area contributed by atoms with Crippen LogP contribution < -0.4 is 5.73 Å². The summed E-state index contributed by atoms with van der Waals surface area (Å²) >= 11 is 0. The molecular formula is C12H23NO2. The number of hydrogen-bond donors (Lipinski definition) is 1. The highest BCUT2D eigenvalue weighted by Crippen LogP contribution is 2.02. The van der Waals surface area contributed by atoms with Crippen LogP contribution in [0.4, 0.5) is 0 Å². The molecule has 0 atom stereocenters. The topological polar surface area (TPSA) is 44.5 Å². The molecule has 0 rings (SSSR count). The van der Waals surface area contributed by atoms with E-state index in [1.165, 1.54) is 12.8 Å². The fourth-order valence-electron chi connectivity index (χ4n) is 1.19. The monoisotopic (exact) mass is 213 g/mol. The minimum Gasteiger partial charge on any atom is -0.379 e. The lowest BCUT2D eigenvalue weighted by Crippen LogP contribution is -2.12. The van der Waals surface area contributed by atoms with Gasteiger partial charge in [-0.25, -0.2) is 0 Å². The van der Waals surface area contributed by atoms with Crippen LogP contribution in [0.25, 0.3) is 0 Å². The Hall–Kier alpha value is -0.560. The Morgan fingerprint density at radius 2 is 1.53 bits per heavy atom. The Morgan fingerprint density at radius 1 is 0.867 bits per heavy atom. The maximum absolute atomic E-state index is 5.38. The van der Waals surface area contributed by atoms with E-state index in [-0.39, 0.29) is 0 Å². The van der Waals surface area contributed by atoms with Crippen molar-refractivity contribution in [1.82, 2.24) is 0 Å². The molecule has 0 aliphatic carbocycles. The predicted molar refractivity (Wildman–Crippen MR) is 62.6 cm³/mol. The van der Waals surface area contributed by atoms with E-state index in [4.69, 9.17) is 21.6 Å². The van der Waals surface area contributed by atoms with Gasteiger partial charge in [0.25, 0.3) is 0 Å². The molecule has 0 saturated carbocycles. The van der Waals surface area contributed by atoms with Crippen LogP contribution in [-0.2, 0) is 9.47 Å². The first-order chi connectivity index (χ1) is 7.41. The first-order valence-electron chi connectivity index (χ1n) is 5.71. The van der Waals surface area contributed by atoms with Crippen LogP contribution in [0.3, 0.4) is 0 Å². The highest BCUT2D eigenvalue weighted by Gasteiger charge is 1.91. The summed E-state index contributed by atoms with van der Waals surface area (Å²) in [6.45, 7) is 3.34. The minimum absolute atomic E-state index is 0.579. The number of hydrogen-bond acceptors (Lipinski definition) is 3. The first kappa shape index (κ1) is 14.4. The zero-order valence-corrected chi connectivity index (χ0v) is 9.54. The van der Waals surface area contributed by atoms with Gasteiger partial charge in [0, 0.05) is 19.6 Å². The number of unbranched alkanes of at least 4 members (excludes halogenated alkanes) is 4. The van der Waals surface area contributed by atoms with E-state index in [9.17, 15) is 0 Å². The molecule has 0 heterocycles. The molecule has 0 spiro atoms. The summed E-state index contributed by atoms with van der Waals surface area (Å²) in [5.74, 6) is 2.64. The Balaban J connectivity index is 2.84. The number of rotatable bonds is 11. The highest BCUT2D eigenvalue weighted by atomic mass is 16.5. The molecule has 0 saturated heterocycles. The van der Waals surface area contributed by atoms with Gasteiger partial charge < -0.3 is 15.2 Å². The maximum Gasteiger partial charge on any atom is 0.0701 e. The lowest BCUT2D eigenvalue weighted by atomic mass is 10.1. The van der Waals surface area contributed by atoms with Crippen LogP contribution >= 0.6 is 0 Å². The fourth-order valence-corrected chi connectivity index (χ4v) is 1.19. The van der Waals surface area contributed by atoms with E-state index in [1.54, 1.807) is 0 Å². The summed E-state index contributed by atoms with van der Waals surface area (Å²) in [6, 6.07) is 0. The van der Waals surface area contributed by atoms with Crippen LogP contribution in [-0.4, -0.2) is 33.0 Å². The van der Waals surface area contributed by atoms with Crippen molar-refractivity contribution in [2.24, 2.45) is 5.73 Å². The molecular weight excluding hydrogens is 190 g/mol. The first-order valence-corrected chi connectivity index (χ1v) is 5.71. The van der Waals surface area contributed by atoms with E-state index in [2.05, 4.69) is 5.92 Å². The van der Waals surface area contributed by atoms with Crippen LogP contribution in [0, 0.1) is 12.3 Å². The van der Waals surface area contributed by atoms with Crippen molar-refractivity contribution in [3.05, 3.63) is 0 Å². The SMILES string of the molecule is C#CCCCCCCOCCOCCN. The van der Waals surface area contributed by atoms with Gasteiger partial charge in [-0.2, -0.15) is 0 Å². The Labute approximate surface area is 93.3 Å². The van der Waals surface area contributed by atoms with Crippen molar-refractivity contribution in [3.8, 4) is 12.3 Å². The van der Waals surface area contributed by atoms with Gasteiger partial charge in [-0.05, 0) is 12.8 Å². The third-order valence-corrected chi connectivity index (χ3v) is 1.99. The molecule has 0 aromatic heterocycles. The molecule has 3 heteroatoms. The summed E-state index contributed by atoms with van der Waals surface area (Å²) < 4.78 is 10.6. The standard InChI is InChI=1S/C12H23NO2/c1-2-3-4-5-6-7-9-14-11-12-15-10-8-13/h1H,3-13H2. The Kier molecular flexibility index (Phi) is 12.9. The third-order valence-electron chi connectivity index (χ3n) is 1.99. The summed E-state index contributed by atoms with van der Waals surface area (Å²) in [6.07, 6.45) is 10.7. The van der Waals surface area contributed by atoms with Crippen LogP contribution in [0.5, 0.6) is 0 Å². The van der Waals surface area contributed by atoms with Gasteiger partial charge in [-0.1, -0.05) is 12.8 Å². The second-order valence-corrected chi connectivity index (χ2v) is 3.38. The molecule has 3 nitrogen and oxygen atoms in total. The largest absolute Gasteiger partial charge is 0.379 e. The van der Waals surface area contributed by atoms with Crippen molar-refractivity contribution < 1.29 is 9.47 Å². The average molecular weight is 213 g/mol. The molecule has 0 amide bonds. The van der Waals surface area contributed by atoms with Gasteiger partial charge in [0.15, 0.2) is 0 Å². The van der Waals surface area contributed by atoms with Crippen molar-refractivity contribution in [2.75, 3.05) is 33.0 Å². The smallest absolute Gasteiger partial charge is 0.0701 e.